The maximum Gasteiger partial charge on any atom is 0.344 e. The topological polar surface area (TPSA) is 65.1 Å². The van der Waals surface area contributed by atoms with Crippen LogP contribution < -0.4 is 9.47 Å². The Kier molecular flexibility index (Phi) is 10.3. The summed E-state index contributed by atoms with van der Waals surface area (Å²) in [5.74, 6) is 0.400. The van der Waals surface area contributed by atoms with Crippen molar-refractivity contribution in [2.45, 2.75) is 34.3 Å². The molecular weight excluding hydrogens is 474 g/mol. The van der Waals surface area contributed by atoms with Crippen LogP contribution >= 0.6 is 15.9 Å². The fraction of sp³-hybridized carbons (Fsp3) is 0.360. The summed E-state index contributed by atoms with van der Waals surface area (Å²) in [6, 6.07) is 13.2. The Balaban J connectivity index is 2.27. The van der Waals surface area contributed by atoms with Gasteiger partial charge in [0, 0.05) is 29.2 Å². The van der Waals surface area contributed by atoms with Gasteiger partial charge in [-0.1, -0.05) is 40.2 Å². The third kappa shape index (κ3) is 7.41. The summed E-state index contributed by atoms with van der Waals surface area (Å²) >= 11 is 3.52. The molecule has 7 heteroatoms. The van der Waals surface area contributed by atoms with Gasteiger partial charge in [0.1, 0.15) is 6.61 Å². The van der Waals surface area contributed by atoms with Crippen molar-refractivity contribution >= 4 is 33.4 Å². The molecule has 0 N–H and O–H groups in total. The van der Waals surface area contributed by atoms with Crippen LogP contribution in [-0.4, -0.2) is 43.1 Å². The number of benzene rings is 2. The standard InChI is InChI=1S/C25H30BrNO5/c1-5-27(6-2)24(28)14-18(4)19-12-13-22(23(15-19)32-17-25(29)30-7-3)31-16-20-10-8-9-11-21(20)26/h8-15H,5-7,16-17H2,1-4H3/b18-14+. The van der Waals surface area contributed by atoms with Gasteiger partial charge in [0.2, 0.25) is 5.91 Å². The van der Waals surface area contributed by atoms with Gasteiger partial charge in [-0.3, -0.25) is 4.79 Å². The van der Waals surface area contributed by atoms with Gasteiger partial charge in [0.25, 0.3) is 0 Å². The minimum Gasteiger partial charge on any atom is -0.485 e. The van der Waals surface area contributed by atoms with Crippen LogP contribution in [0, 0.1) is 0 Å². The Bertz CT molecular complexity index is 953. The quantitative estimate of drug-likeness (QED) is 0.309. The van der Waals surface area contributed by atoms with Crippen molar-refractivity contribution in [2.75, 3.05) is 26.3 Å². The average molecular weight is 504 g/mol. The Labute approximate surface area is 198 Å². The maximum atomic E-state index is 12.4. The monoisotopic (exact) mass is 503 g/mol. The SMILES string of the molecule is CCOC(=O)COc1cc(/C(C)=C/C(=O)N(CC)CC)ccc1OCc1ccccc1Br. The van der Waals surface area contributed by atoms with E-state index in [2.05, 4.69) is 15.9 Å². The zero-order chi connectivity index (χ0) is 23.5. The molecular formula is C25H30BrNO5. The van der Waals surface area contributed by atoms with Crippen molar-refractivity contribution in [3.8, 4) is 11.5 Å². The molecule has 0 aliphatic rings. The first-order valence-corrected chi connectivity index (χ1v) is 11.4. The van der Waals surface area contributed by atoms with Crippen LogP contribution in [0.5, 0.6) is 11.5 Å². The van der Waals surface area contributed by atoms with Crippen LogP contribution in [0.2, 0.25) is 0 Å². The van der Waals surface area contributed by atoms with Gasteiger partial charge in [-0.25, -0.2) is 4.79 Å². The summed E-state index contributed by atoms with van der Waals surface area (Å²) in [6.07, 6.45) is 1.61. The minimum absolute atomic E-state index is 0.0456. The van der Waals surface area contributed by atoms with Gasteiger partial charge < -0.3 is 19.1 Å². The molecule has 1 amide bonds. The third-order valence-corrected chi connectivity index (χ3v) is 5.58. The van der Waals surface area contributed by atoms with E-state index in [1.54, 1.807) is 30.0 Å². The lowest BCUT2D eigenvalue weighted by molar-refractivity contribution is -0.145. The van der Waals surface area contributed by atoms with Crippen LogP contribution in [0.15, 0.2) is 53.0 Å². The van der Waals surface area contributed by atoms with Crippen molar-refractivity contribution in [2.24, 2.45) is 0 Å². The van der Waals surface area contributed by atoms with Gasteiger partial charge in [-0.2, -0.15) is 0 Å². The van der Waals surface area contributed by atoms with E-state index in [0.717, 1.165) is 21.2 Å². The zero-order valence-electron chi connectivity index (χ0n) is 19.0. The van der Waals surface area contributed by atoms with Gasteiger partial charge in [0.15, 0.2) is 18.1 Å². The number of nitrogens with zero attached hydrogens (tertiary/aromatic N) is 1. The molecule has 32 heavy (non-hydrogen) atoms. The summed E-state index contributed by atoms with van der Waals surface area (Å²) < 4.78 is 17.6. The lowest BCUT2D eigenvalue weighted by Gasteiger charge is -2.17. The first-order valence-electron chi connectivity index (χ1n) is 10.7. The minimum atomic E-state index is -0.460. The largest absolute Gasteiger partial charge is 0.485 e. The molecule has 0 aromatic heterocycles. The first kappa shape index (κ1) is 25.5. The number of rotatable bonds is 11. The van der Waals surface area contributed by atoms with Crippen LogP contribution in [-0.2, 0) is 20.9 Å². The number of esters is 1. The Morgan fingerprint density at radius 3 is 2.38 bits per heavy atom. The van der Waals surface area contributed by atoms with Crippen molar-refractivity contribution in [3.63, 3.8) is 0 Å². The Morgan fingerprint density at radius 2 is 1.72 bits per heavy atom. The van der Waals surface area contributed by atoms with E-state index in [0.29, 0.717) is 31.2 Å². The predicted octanol–water partition coefficient (Wildman–Crippen LogP) is 5.24. The number of likely N-dealkylation sites (N-methyl/N-ethyl adjacent to an activating group) is 1. The molecule has 0 atom stereocenters. The van der Waals surface area contributed by atoms with E-state index in [-0.39, 0.29) is 19.1 Å². The molecule has 0 aliphatic heterocycles. The molecule has 0 spiro atoms. The average Bonchev–Trinajstić information content (AvgIpc) is 2.78. The summed E-state index contributed by atoms with van der Waals surface area (Å²) in [5, 5.41) is 0. The molecule has 0 bridgehead atoms. The van der Waals surface area contributed by atoms with Crippen molar-refractivity contribution in [1.29, 1.82) is 0 Å². The smallest absolute Gasteiger partial charge is 0.344 e. The van der Waals surface area contributed by atoms with E-state index < -0.39 is 5.97 Å². The predicted molar refractivity (Wildman–Crippen MR) is 129 cm³/mol. The number of hydrogen-bond donors (Lipinski definition) is 0. The van der Waals surface area contributed by atoms with E-state index in [4.69, 9.17) is 14.2 Å². The van der Waals surface area contributed by atoms with E-state index in [1.165, 1.54) is 0 Å². The first-order chi connectivity index (χ1) is 15.4. The fourth-order valence-electron chi connectivity index (χ4n) is 2.99. The third-order valence-electron chi connectivity index (χ3n) is 4.81. The molecule has 0 aliphatic carbocycles. The second-order valence-electron chi connectivity index (χ2n) is 6.97. The molecule has 2 aromatic rings. The highest BCUT2D eigenvalue weighted by atomic mass is 79.9. The summed E-state index contributed by atoms with van der Waals surface area (Å²) in [7, 11) is 0. The number of carbonyl (C=O) groups is 2. The molecule has 0 heterocycles. The van der Waals surface area contributed by atoms with Gasteiger partial charge in [-0.05, 0) is 57.0 Å². The molecule has 172 valence electrons. The highest BCUT2D eigenvalue weighted by molar-refractivity contribution is 9.10. The normalized spacial score (nSPS) is 11.1. The number of carbonyl (C=O) groups excluding carboxylic acids is 2. The molecule has 0 saturated heterocycles. The lowest BCUT2D eigenvalue weighted by atomic mass is 10.1. The van der Waals surface area contributed by atoms with Crippen molar-refractivity contribution < 1.29 is 23.8 Å². The molecule has 0 radical (unpaired) electrons. The van der Waals surface area contributed by atoms with Crippen LogP contribution in [0.4, 0.5) is 0 Å². The zero-order valence-corrected chi connectivity index (χ0v) is 20.6. The van der Waals surface area contributed by atoms with E-state index in [9.17, 15) is 9.59 Å². The summed E-state index contributed by atoms with van der Waals surface area (Å²) in [6.45, 7) is 9.17. The Hall–Kier alpha value is -2.80. The number of amides is 1. The van der Waals surface area contributed by atoms with E-state index in [1.807, 2.05) is 51.1 Å². The van der Waals surface area contributed by atoms with Crippen LogP contribution in [0.3, 0.4) is 0 Å². The summed E-state index contributed by atoms with van der Waals surface area (Å²) in [4.78, 5) is 26.0. The van der Waals surface area contributed by atoms with Crippen LogP contribution in [0.1, 0.15) is 38.8 Å². The number of halogens is 1. The molecule has 2 rings (SSSR count). The molecule has 0 saturated carbocycles. The highest BCUT2D eigenvalue weighted by Crippen LogP contribution is 2.32. The highest BCUT2D eigenvalue weighted by Gasteiger charge is 2.13. The number of hydrogen-bond acceptors (Lipinski definition) is 5. The number of allylic oxidation sites excluding steroid dienone is 1. The molecule has 0 unspecified atom stereocenters. The van der Waals surface area contributed by atoms with Gasteiger partial charge >= 0.3 is 5.97 Å². The second kappa shape index (κ2) is 12.9. The maximum absolute atomic E-state index is 12.4. The van der Waals surface area contributed by atoms with E-state index >= 15 is 0 Å². The molecule has 6 nitrogen and oxygen atoms in total. The summed E-state index contributed by atoms with van der Waals surface area (Å²) in [5.41, 5.74) is 2.58. The fourth-order valence-corrected chi connectivity index (χ4v) is 3.39. The van der Waals surface area contributed by atoms with Crippen molar-refractivity contribution in [3.05, 3.63) is 64.1 Å². The number of ether oxygens (including phenoxy) is 3. The molecule has 0 fully saturated rings. The van der Waals surface area contributed by atoms with Crippen LogP contribution in [0.25, 0.3) is 5.57 Å². The lowest BCUT2D eigenvalue weighted by Crippen LogP contribution is -2.28. The van der Waals surface area contributed by atoms with Gasteiger partial charge in [0.05, 0.1) is 6.61 Å². The Morgan fingerprint density at radius 1 is 1.00 bits per heavy atom. The second-order valence-corrected chi connectivity index (χ2v) is 7.83. The molecule has 2 aromatic carbocycles. The van der Waals surface area contributed by atoms with Crippen molar-refractivity contribution in [1.82, 2.24) is 4.90 Å². The van der Waals surface area contributed by atoms with Gasteiger partial charge in [-0.15, -0.1) is 0 Å².